The van der Waals surface area contributed by atoms with Crippen LogP contribution < -0.4 is 10.2 Å². The van der Waals surface area contributed by atoms with Crippen molar-refractivity contribution in [3.05, 3.63) is 60.3 Å². The minimum Gasteiger partial charge on any atom is -0.354 e. The average molecular weight is 443 g/mol. The van der Waals surface area contributed by atoms with Crippen LogP contribution >= 0.6 is 0 Å². The van der Waals surface area contributed by atoms with Gasteiger partial charge in [-0.1, -0.05) is 0 Å². The molecule has 1 amide bonds. The minimum atomic E-state index is -0.224. The summed E-state index contributed by atoms with van der Waals surface area (Å²) in [5, 5.41) is 3.80. The van der Waals surface area contributed by atoms with Gasteiger partial charge in [0.1, 0.15) is 17.5 Å². The summed E-state index contributed by atoms with van der Waals surface area (Å²) in [6.07, 6.45) is 5.22. The normalized spacial score (nSPS) is 14.6. The molecule has 1 N–H and O–H groups in total. The van der Waals surface area contributed by atoms with Gasteiger partial charge in [-0.05, 0) is 38.2 Å². The second-order valence-electron chi connectivity index (χ2n) is 8.36. The van der Waals surface area contributed by atoms with Gasteiger partial charge < -0.3 is 19.7 Å². The monoisotopic (exact) mass is 442 g/mol. The fourth-order valence-corrected chi connectivity index (χ4v) is 3.92. The number of carbonyl (C=O) groups is 1. The smallest absolute Gasteiger partial charge is 0.257 e. The predicted molar refractivity (Wildman–Crippen MR) is 128 cm³/mol. The van der Waals surface area contributed by atoms with Crippen LogP contribution in [-0.2, 0) is 7.05 Å². The first kappa shape index (κ1) is 21.0. The van der Waals surface area contributed by atoms with Crippen molar-refractivity contribution in [3.63, 3.8) is 0 Å². The van der Waals surface area contributed by atoms with Gasteiger partial charge in [-0.3, -0.25) is 4.79 Å². The summed E-state index contributed by atoms with van der Waals surface area (Å²) in [5.74, 6) is 1.97. The average Bonchev–Trinajstić information content (AvgIpc) is 3.17. The number of aryl methyl sites for hydroxylation is 1. The molecule has 0 radical (unpaired) electrons. The van der Waals surface area contributed by atoms with E-state index in [4.69, 9.17) is 4.98 Å². The number of fused-ring (bicyclic) bond motifs is 1. The Morgan fingerprint density at radius 2 is 1.79 bits per heavy atom. The summed E-state index contributed by atoms with van der Waals surface area (Å²) in [4.78, 5) is 35.4. The van der Waals surface area contributed by atoms with Crippen molar-refractivity contribution in [2.45, 2.75) is 6.92 Å². The lowest BCUT2D eigenvalue weighted by Gasteiger charge is -2.33. The first-order valence-corrected chi connectivity index (χ1v) is 10.9. The number of imidazole rings is 1. The van der Waals surface area contributed by atoms with Gasteiger partial charge in [0, 0.05) is 62.6 Å². The Labute approximate surface area is 192 Å². The van der Waals surface area contributed by atoms with Crippen molar-refractivity contribution in [1.29, 1.82) is 0 Å². The third-order valence-electron chi connectivity index (χ3n) is 6.13. The van der Waals surface area contributed by atoms with Crippen LogP contribution in [0.25, 0.3) is 22.3 Å². The van der Waals surface area contributed by atoms with E-state index >= 15 is 0 Å². The van der Waals surface area contributed by atoms with Crippen LogP contribution in [0.3, 0.4) is 0 Å². The Morgan fingerprint density at radius 3 is 2.55 bits per heavy atom. The van der Waals surface area contributed by atoms with Gasteiger partial charge in [-0.25, -0.2) is 19.9 Å². The molecule has 4 aromatic rings. The number of likely N-dealkylation sites (N-methyl/N-ethyl adjacent to an activating group) is 1. The molecule has 9 heteroatoms. The Hall–Kier alpha value is -3.85. The Balaban J connectivity index is 1.37. The maximum atomic E-state index is 12.9. The summed E-state index contributed by atoms with van der Waals surface area (Å²) < 4.78 is 2.00. The van der Waals surface area contributed by atoms with Gasteiger partial charge in [0.25, 0.3) is 5.91 Å². The van der Waals surface area contributed by atoms with Crippen LogP contribution in [0.4, 0.5) is 11.6 Å². The molecule has 1 fully saturated rings. The number of rotatable bonds is 4. The Morgan fingerprint density at radius 1 is 0.970 bits per heavy atom. The minimum absolute atomic E-state index is 0.224. The molecule has 4 aromatic heterocycles. The van der Waals surface area contributed by atoms with Crippen molar-refractivity contribution >= 4 is 28.4 Å². The number of carbonyl (C=O) groups excluding carboxylic acids is 1. The van der Waals surface area contributed by atoms with E-state index in [1.54, 1.807) is 24.5 Å². The number of pyridine rings is 3. The number of hydrogen-bond acceptors (Lipinski definition) is 7. The first-order chi connectivity index (χ1) is 16.0. The van der Waals surface area contributed by atoms with Crippen LogP contribution in [0, 0.1) is 6.92 Å². The Bertz CT molecular complexity index is 1320. The van der Waals surface area contributed by atoms with Crippen LogP contribution in [-0.4, -0.2) is 68.5 Å². The number of piperazine rings is 1. The van der Waals surface area contributed by atoms with Crippen molar-refractivity contribution in [3.8, 4) is 11.4 Å². The second kappa shape index (κ2) is 8.59. The number of amides is 1. The molecule has 1 aliphatic rings. The van der Waals surface area contributed by atoms with Gasteiger partial charge in [0.05, 0.1) is 23.1 Å². The van der Waals surface area contributed by atoms with Gasteiger partial charge in [-0.15, -0.1) is 0 Å². The largest absolute Gasteiger partial charge is 0.354 e. The molecule has 0 aliphatic carbocycles. The molecule has 0 bridgehead atoms. The highest BCUT2D eigenvalue weighted by Crippen LogP contribution is 2.23. The molecule has 5 heterocycles. The predicted octanol–water partition coefficient (Wildman–Crippen LogP) is 2.74. The topological polar surface area (TPSA) is 92.1 Å². The second-order valence-corrected chi connectivity index (χ2v) is 8.36. The molecule has 0 spiro atoms. The van der Waals surface area contributed by atoms with E-state index in [0.717, 1.165) is 60.1 Å². The van der Waals surface area contributed by atoms with E-state index in [1.165, 1.54) is 0 Å². The molecule has 5 rings (SSSR count). The highest BCUT2D eigenvalue weighted by Gasteiger charge is 2.17. The quantitative estimate of drug-likeness (QED) is 0.520. The lowest BCUT2D eigenvalue weighted by Crippen LogP contribution is -2.44. The number of aromatic nitrogens is 5. The van der Waals surface area contributed by atoms with Crippen molar-refractivity contribution < 1.29 is 4.79 Å². The van der Waals surface area contributed by atoms with E-state index in [-0.39, 0.29) is 5.91 Å². The zero-order valence-electron chi connectivity index (χ0n) is 19.0. The van der Waals surface area contributed by atoms with E-state index in [0.29, 0.717) is 11.4 Å². The van der Waals surface area contributed by atoms with Crippen LogP contribution in [0.1, 0.15) is 16.2 Å². The fraction of sp³-hybridized carbons (Fsp3) is 0.292. The highest BCUT2D eigenvalue weighted by atomic mass is 16.1. The van der Waals surface area contributed by atoms with Crippen molar-refractivity contribution in [2.75, 3.05) is 43.4 Å². The molecule has 1 saturated heterocycles. The van der Waals surface area contributed by atoms with Crippen LogP contribution in [0.2, 0.25) is 0 Å². The molecule has 0 atom stereocenters. The third kappa shape index (κ3) is 4.27. The molecule has 0 aromatic carbocycles. The number of hydrogen-bond donors (Lipinski definition) is 1. The first-order valence-electron chi connectivity index (χ1n) is 10.9. The van der Waals surface area contributed by atoms with Crippen LogP contribution in [0.5, 0.6) is 0 Å². The van der Waals surface area contributed by atoms with Gasteiger partial charge >= 0.3 is 0 Å². The maximum absolute atomic E-state index is 12.9. The molecule has 0 unspecified atom stereocenters. The van der Waals surface area contributed by atoms with Crippen molar-refractivity contribution in [2.24, 2.45) is 7.05 Å². The Kier molecular flexibility index (Phi) is 5.47. The summed E-state index contributed by atoms with van der Waals surface area (Å²) >= 11 is 0. The lowest BCUT2D eigenvalue weighted by molar-refractivity contribution is 0.102. The highest BCUT2D eigenvalue weighted by molar-refractivity contribution is 6.04. The van der Waals surface area contributed by atoms with E-state index in [1.807, 2.05) is 42.9 Å². The SMILES string of the molecule is Cc1ncc(-c2ccc3cnc(NC(=O)c4ccnc(N5CCN(C)CC5)c4)cc3n2)n1C. The third-order valence-corrected chi connectivity index (χ3v) is 6.13. The molecule has 33 heavy (non-hydrogen) atoms. The fourth-order valence-electron chi connectivity index (χ4n) is 3.92. The summed E-state index contributed by atoms with van der Waals surface area (Å²) in [7, 11) is 4.08. The molecular weight excluding hydrogens is 416 g/mol. The molecule has 168 valence electrons. The van der Waals surface area contributed by atoms with Gasteiger partial charge in [-0.2, -0.15) is 0 Å². The van der Waals surface area contributed by atoms with Crippen LogP contribution in [0.15, 0.2) is 48.9 Å². The zero-order valence-corrected chi connectivity index (χ0v) is 19.0. The summed E-state index contributed by atoms with van der Waals surface area (Å²) in [6, 6.07) is 9.28. The van der Waals surface area contributed by atoms with E-state index in [2.05, 4.69) is 37.1 Å². The van der Waals surface area contributed by atoms with Crippen molar-refractivity contribution in [1.82, 2.24) is 29.4 Å². The molecule has 0 saturated carbocycles. The number of anilines is 2. The zero-order chi connectivity index (χ0) is 22.9. The van der Waals surface area contributed by atoms with E-state index in [9.17, 15) is 4.79 Å². The molecule has 1 aliphatic heterocycles. The number of nitrogens with zero attached hydrogens (tertiary/aromatic N) is 7. The number of nitrogens with one attached hydrogen (secondary N) is 1. The molecular formula is C24H26N8O. The standard InChI is InChI=1S/C24H26N8O/c1-16-26-15-21(31(16)3)19-5-4-18-14-27-22(13-20(18)28-19)29-24(33)17-6-7-25-23(12-17)32-10-8-30(2)9-11-32/h4-7,12-15H,8-11H2,1-3H3,(H,27,29,33). The lowest BCUT2D eigenvalue weighted by atomic mass is 10.2. The van der Waals surface area contributed by atoms with Gasteiger partial charge in [0.2, 0.25) is 0 Å². The van der Waals surface area contributed by atoms with E-state index < -0.39 is 0 Å². The van der Waals surface area contributed by atoms with Gasteiger partial charge in [0.15, 0.2) is 0 Å². The summed E-state index contributed by atoms with van der Waals surface area (Å²) in [5.41, 5.74) is 3.06. The summed E-state index contributed by atoms with van der Waals surface area (Å²) in [6.45, 7) is 5.70. The molecule has 9 nitrogen and oxygen atoms in total. The maximum Gasteiger partial charge on any atom is 0.257 e.